The van der Waals surface area contributed by atoms with Crippen LogP contribution in [0.25, 0.3) is 0 Å². The van der Waals surface area contributed by atoms with Crippen molar-refractivity contribution in [3.05, 3.63) is 13.8 Å². The SMILES string of the molecule is [CH2-]CCCCCCCC(=O)O[C@H](COC(=O)CCCCC[CH2-])COP(=O)(O)OC1[C@@H](O)[C@H](O)C(O)[C@@H](O)[C@H]1O. The molecular weight excluding hydrogens is 539 g/mol. The van der Waals surface area contributed by atoms with Gasteiger partial charge in [0.2, 0.25) is 0 Å². The summed E-state index contributed by atoms with van der Waals surface area (Å²) in [7, 11) is -5.08. The van der Waals surface area contributed by atoms with Crippen LogP contribution in [-0.4, -0.2) is 98.3 Å². The van der Waals surface area contributed by atoms with Gasteiger partial charge in [0.05, 0.1) is 6.61 Å². The number of unbranched alkanes of at least 4 members (excludes halogenated alkanes) is 8. The van der Waals surface area contributed by atoms with E-state index >= 15 is 0 Å². The fourth-order valence-electron chi connectivity index (χ4n) is 3.90. The second kappa shape index (κ2) is 19.1. The Labute approximate surface area is 230 Å². The van der Waals surface area contributed by atoms with Crippen LogP contribution in [0.15, 0.2) is 0 Å². The highest BCUT2D eigenvalue weighted by atomic mass is 31.2. The topological polar surface area (TPSA) is 210 Å². The third-order valence-electron chi connectivity index (χ3n) is 6.24. The molecule has 1 saturated carbocycles. The summed E-state index contributed by atoms with van der Waals surface area (Å²) >= 11 is 0. The number of aliphatic hydroxyl groups is 5. The van der Waals surface area contributed by atoms with Gasteiger partial charge in [-0.2, -0.15) is 12.8 Å². The molecule has 0 heterocycles. The smallest absolute Gasteiger partial charge is 0.462 e. The predicted octanol–water partition coefficient (Wildman–Crippen LogP) is 1.11. The molecule has 1 aliphatic carbocycles. The lowest BCUT2D eigenvalue weighted by molar-refractivity contribution is -0.220. The Kier molecular flexibility index (Phi) is 17.5. The monoisotopic (exact) mass is 584 g/mol. The molecule has 230 valence electrons. The van der Waals surface area contributed by atoms with Crippen LogP contribution in [-0.2, 0) is 32.7 Å². The van der Waals surface area contributed by atoms with Gasteiger partial charge in [-0.15, -0.1) is 0 Å². The lowest BCUT2D eigenvalue weighted by Crippen LogP contribution is -2.64. The number of hydrogen-bond donors (Lipinski definition) is 6. The maximum absolute atomic E-state index is 12.5. The maximum atomic E-state index is 12.5. The molecule has 14 heteroatoms. The molecule has 1 aliphatic rings. The molecular formula is C25H45O13P-2. The fraction of sp³-hybridized carbons (Fsp3) is 0.840. The molecule has 0 aromatic carbocycles. The number of phosphoric ester groups is 1. The summed E-state index contributed by atoms with van der Waals surface area (Å²) in [5, 5.41) is 49.3. The van der Waals surface area contributed by atoms with E-state index in [9.17, 15) is 44.6 Å². The largest absolute Gasteiger partial charge is 0.472 e. The molecule has 0 aromatic rings. The Morgan fingerprint density at radius 3 is 1.72 bits per heavy atom. The first kappa shape index (κ1) is 35.9. The lowest BCUT2D eigenvalue weighted by atomic mass is 9.85. The normalized spacial score (nSPS) is 27.5. The molecule has 0 aliphatic heterocycles. The summed E-state index contributed by atoms with van der Waals surface area (Å²) < 4.78 is 32.6. The van der Waals surface area contributed by atoms with Gasteiger partial charge in [-0.25, -0.2) is 4.57 Å². The zero-order valence-electron chi connectivity index (χ0n) is 22.3. The Morgan fingerprint density at radius 2 is 1.15 bits per heavy atom. The van der Waals surface area contributed by atoms with Crippen LogP contribution in [0.3, 0.4) is 0 Å². The Bertz CT molecular complexity index is 735. The minimum Gasteiger partial charge on any atom is -0.462 e. The van der Waals surface area contributed by atoms with Gasteiger partial charge in [-0.05, 0) is 12.8 Å². The van der Waals surface area contributed by atoms with E-state index in [-0.39, 0.29) is 12.8 Å². The standard InChI is InChI=1S/C25H45O13P/c1-3-5-7-9-10-12-14-19(27)37-17(15-35-18(26)13-11-8-6-4-2)16-36-39(33,34)38-25-23(31)21(29)20(28)22(30)24(25)32/h17,20-25,28-32H,1-16H2,(H,33,34)/q-2/t17-,20?,21-,22-,23-,24+,25?/m1/s1. The molecule has 8 atom stereocenters. The van der Waals surface area contributed by atoms with E-state index in [4.69, 9.17) is 18.5 Å². The van der Waals surface area contributed by atoms with Crippen LogP contribution in [0.2, 0.25) is 0 Å². The second-order valence-electron chi connectivity index (χ2n) is 9.62. The van der Waals surface area contributed by atoms with Crippen LogP contribution >= 0.6 is 7.82 Å². The molecule has 3 unspecified atom stereocenters. The average molecular weight is 585 g/mol. The van der Waals surface area contributed by atoms with Crippen molar-refractivity contribution in [1.29, 1.82) is 0 Å². The first-order chi connectivity index (χ1) is 18.4. The molecule has 39 heavy (non-hydrogen) atoms. The van der Waals surface area contributed by atoms with Gasteiger partial charge in [-0.3, -0.25) is 18.6 Å². The van der Waals surface area contributed by atoms with E-state index in [2.05, 4.69) is 13.8 Å². The first-order valence-corrected chi connectivity index (χ1v) is 14.9. The summed E-state index contributed by atoms with van der Waals surface area (Å²) in [6, 6.07) is 0. The predicted molar refractivity (Wildman–Crippen MR) is 138 cm³/mol. The number of esters is 2. The van der Waals surface area contributed by atoms with Gasteiger partial charge < -0.3 is 53.7 Å². The van der Waals surface area contributed by atoms with Gasteiger partial charge in [0, 0.05) is 12.8 Å². The average Bonchev–Trinajstić information content (AvgIpc) is 2.90. The molecule has 0 radical (unpaired) electrons. The van der Waals surface area contributed by atoms with Gasteiger partial charge in [0.15, 0.2) is 6.10 Å². The van der Waals surface area contributed by atoms with E-state index in [1.165, 1.54) is 0 Å². The van der Waals surface area contributed by atoms with E-state index < -0.39 is 75.7 Å². The van der Waals surface area contributed by atoms with Crippen LogP contribution in [0.4, 0.5) is 0 Å². The number of phosphoric acid groups is 1. The zero-order chi connectivity index (χ0) is 29.4. The Morgan fingerprint density at radius 1 is 0.692 bits per heavy atom. The summed E-state index contributed by atoms with van der Waals surface area (Å²) in [5.74, 6) is -1.18. The van der Waals surface area contributed by atoms with Crippen molar-refractivity contribution in [1.82, 2.24) is 0 Å². The van der Waals surface area contributed by atoms with E-state index in [0.29, 0.717) is 12.8 Å². The maximum Gasteiger partial charge on any atom is 0.472 e. The zero-order valence-corrected chi connectivity index (χ0v) is 23.2. The van der Waals surface area contributed by atoms with E-state index in [1.54, 1.807) is 0 Å². The fourth-order valence-corrected chi connectivity index (χ4v) is 4.87. The molecule has 0 bridgehead atoms. The number of hydrogen-bond acceptors (Lipinski definition) is 12. The highest BCUT2D eigenvalue weighted by Gasteiger charge is 2.51. The second-order valence-corrected chi connectivity index (χ2v) is 11.0. The molecule has 6 N–H and O–H groups in total. The Balaban J connectivity index is 2.70. The van der Waals surface area contributed by atoms with Crippen molar-refractivity contribution in [3.8, 4) is 0 Å². The summed E-state index contributed by atoms with van der Waals surface area (Å²) in [4.78, 5) is 34.5. The van der Waals surface area contributed by atoms with Crippen molar-refractivity contribution in [2.24, 2.45) is 0 Å². The van der Waals surface area contributed by atoms with Crippen molar-refractivity contribution in [2.45, 2.75) is 120 Å². The quantitative estimate of drug-likeness (QED) is 0.0513. The van der Waals surface area contributed by atoms with Crippen LogP contribution in [0, 0.1) is 13.8 Å². The van der Waals surface area contributed by atoms with Crippen LogP contribution < -0.4 is 0 Å². The third-order valence-corrected chi connectivity index (χ3v) is 7.23. The van der Waals surface area contributed by atoms with Crippen LogP contribution in [0.1, 0.15) is 77.0 Å². The number of aliphatic hydroxyl groups excluding tert-OH is 5. The minimum atomic E-state index is -5.08. The van der Waals surface area contributed by atoms with Crippen molar-refractivity contribution in [3.63, 3.8) is 0 Å². The number of carbonyl (C=O) groups is 2. The third kappa shape index (κ3) is 13.8. The molecule has 1 rings (SSSR count). The number of ether oxygens (including phenoxy) is 2. The summed E-state index contributed by atoms with van der Waals surface area (Å²) in [5.41, 5.74) is 0. The van der Waals surface area contributed by atoms with Gasteiger partial charge >= 0.3 is 19.8 Å². The number of rotatable bonds is 20. The van der Waals surface area contributed by atoms with Gasteiger partial charge in [0.25, 0.3) is 0 Å². The van der Waals surface area contributed by atoms with Crippen molar-refractivity contribution in [2.75, 3.05) is 13.2 Å². The molecule has 0 amide bonds. The minimum absolute atomic E-state index is 0.0751. The molecule has 13 nitrogen and oxygen atoms in total. The molecule has 0 spiro atoms. The first-order valence-electron chi connectivity index (χ1n) is 13.4. The number of carbonyl (C=O) groups excluding carboxylic acids is 2. The lowest BCUT2D eigenvalue weighted by Gasteiger charge is -2.41. The van der Waals surface area contributed by atoms with Gasteiger partial charge in [-0.1, -0.05) is 38.5 Å². The van der Waals surface area contributed by atoms with Crippen molar-refractivity contribution >= 4 is 19.8 Å². The molecule has 0 saturated heterocycles. The van der Waals surface area contributed by atoms with Gasteiger partial charge in [0.1, 0.15) is 43.2 Å². The molecule has 0 aromatic heterocycles. The van der Waals surface area contributed by atoms with Crippen LogP contribution in [0.5, 0.6) is 0 Å². The molecule has 1 fully saturated rings. The van der Waals surface area contributed by atoms with E-state index in [1.807, 2.05) is 0 Å². The highest BCUT2D eigenvalue weighted by molar-refractivity contribution is 7.47. The summed E-state index contributed by atoms with van der Waals surface area (Å²) in [6.45, 7) is 6.30. The van der Waals surface area contributed by atoms with Crippen molar-refractivity contribution < 1.29 is 63.1 Å². The Hall–Kier alpha value is -1.15. The summed E-state index contributed by atoms with van der Waals surface area (Å²) in [6.07, 6.45) is -4.87. The van der Waals surface area contributed by atoms with E-state index in [0.717, 1.165) is 51.4 Å². The highest BCUT2D eigenvalue weighted by Crippen LogP contribution is 2.47.